The molecule has 0 aliphatic heterocycles. The third-order valence-corrected chi connectivity index (χ3v) is 4.27. The summed E-state index contributed by atoms with van der Waals surface area (Å²) >= 11 is 3.08. The van der Waals surface area contributed by atoms with Crippen molar-refractivity contribution in [2.75, 3.05) is 0 Å². The molecule has 6 nitrogen and oxygen atoms in total. The third kappa shape index (κ3) is 5.89. The van der Waals surface area contributed by atoms with E-state index in [4.69, 9.17) is 4.74 Å². The molecular formula is C19H22BrFN2O4. The topological polar surface area (TPSA) is 77.4 Å². The number of hydrogen-bond donors (Lipinski definition) is 1. The van der Waals surface area contributed by atoms with E-state index in [9.17, 15) is 18.8 Å². The van der Waals surface area contributed by atoms with Crippen molar-refractivity contribution < 1.29 is 18.7 Å². The van der Waals surface area contributed by atoms with Crippen LogP contribution in [0.4, 0.5) is 9.18 Å². The monoisotopic (exact) mass is 440 g/mol. The number of carbonyl (C=O) groups excluding carboxylic acids is 2. The lowest BCUT2D eigenvalue weighted by Gasteiger charge is -2.21. The highest BCUT2D eigenvalue weighted by molar-refractivity contribution is 9.10. The first-order valence-corrected chi connectivity index (χ1v) is 9.25. The fraction of sp³-hybridized carbons (Fsp3) is 0.421. The molecule has 0 radical (unpaired) electrons. The Kier molecular flexibility index (Phi) is 6.41. The molecule has 1 aromatic heterocycles. The number of nitrogens with zero attached hydrogens (tertiary/aromatic N) is 1. The van der Waals surface area contributed by atoms with Gasteiger partial charge in [0.05, 0.1) is 16.4 Å². The number of amides is 1. The Morgan fingerprint density at radius 1 is 1.33 bits per heavy atom. The Morgan fingerprint density at radius 3 is 2.63 bits per heavy atom. The second kappa shape index (κ2) is 8.21. The molecule has 0 bridgehead atoms. The summed E-state index contributed by atoms with van der Waals surface area (Å²) in [7, 11) is 0. The predicted molar refractivity (Wildman–Crippen MR) is 104 cm³/mol. The molecule has 1 N–H and O–H groups in total. The SMILES string of the molecule is C[C@@H](CC(=O)Cn1ccc2cc(Br)c(F)cc2c1=O)NC(=O)OC(C)(C)C. The van der Waals surface area contributed by atoms with Gasteiger partial charge in [-0.2, -0.15) is 0 Å². The van der Waals surface area contributed by atoms with Gasteiger partial charge in [0.25, 0.3) is 5.56 Å². The number of ether oxygens (including phenoxy) is 1. The summed E-state index contributed by atoms with van der Waals surface area (Å²) in [5, 5.41) is 3.37. The molecule has 146 valence electrons. The number of fused-ring (bicyclic) bond motifs is 1. The molecule has 1 atom stereocenters. The molecule has 8 heteroatoms. The van der Waals surface area contributed by atoms with E-state index in [0.29, 0.717) is 5.39 Å². The Bertz CT molecular complexity index is 934. The van der Waals surface area contributed by atoms with Crippen molar-refractivity contribution in [3.63, 3.8) is 0 Å². The maximum atomic E-state index is 13.7. The van der Waals surface area contributed by atoms with Crippen molar-refractivity contribution in [3.05, 3.63) is 45.0 Å². The molecule has 0 aliphatic rings. The fourth-order valence-electron chi connectivity index (χ4n) is 2.56. The van der Waals surface area contributed by atoms with E-state index < -0.39 is 29.1 Å². The Labute approximate surface area is 164 Å². The van der Waals surface area contributed by atoms with Crippen LogP contribution in [0.3, 0.4) is 0 Å². The molecule has 0 spiro atoms. The van der Waals surface area contributed by atoms with E-state index in [2.05, 4.69) is 21.2 Å². The van der Waals surface area contributed by atoms with Crippen LogP contribution >= 0.6 is 15.9 Å². The van der Waals surface area contributed by atoms with Gasteiger partial charge >= 0.3 is 6.09 Å². The summed E-state index contributed by atoms with van der Waals surface area (Å²) in [5.41, 5.74) is -1.07. The number of nitrogens with one attached hydrogen (secondary N) is 1. The maximum absolute atomic E-state index is 13.7. The second-order valence-corrected chi connectivity index (χ2v) is 8.25. The Balaban J connectivity index is 2.05. The van der Waals surface area contributed by atoms with Gasteiger partial charge < -0.3 is 14.6 Å². The summed E-state index contributed by atoms with van der Waals surface area (Å²) in [6.45, 7) is 6.76. The zero-order valence-electron chi connectivity index (χ0n) is 15.6. The van der Waals surface area contributed by atoms with Crippen LogP contribution < -0.4 is 10.9 Å². The van der Waals surface area contributed by atoms with Gasteiger partial charge in [-0.1, -0.05) is 0 Å². The average molecular weight is 441 g/mol. The first kappa shape index (κ1) is 21.1. The average Bonchev–Trinajstić information content (AvgIpc) is 2.50. The quantitative estimate of drug-likeness (QED) is 0.767. The van der Waals surface area contributed by atoms with Crippen LogP contribution in [-0.4, -0.2) is 28.1 Å². The van der Waals surface area contributed by atoms with Gasteiger partial charge in [-0.05, 0) is 67.2 Å². The van der Waals surface area contributed by atoms with E-state index >= 15 is 0 Å². The normalized spacial score (nSPS) is 12.7. The van der Waals surface area contributed by atoms with Crippen LogP contribution in [-0.2, 0) is 16.1 Å². The van der Waals surface area contributed by atoms with E-state index in [-0.39, 0.29) is 28.6 Å². The third-order valence-electron chi connectivity index (χ3n) is 3.66. The van der Waals surface area contributed by atoms with Gasteiger partial charge in [0.1, 0.15) is 11.4 Å². The van der Waals surface area contributed by atoms with Gasteiger partial charge in [-0.15, -0.1) is 0 Å². The smallest absolute Gasteiger partial charge is 0.407 e. The van der Waals surface area contributed by atoms with Crippen LogP contribution in [0.5, 0.6) is 0 Å². The van der Waals surface area contributed by atoms with Crippen LogP contribution in [0.2, 0.25) is 0 Å². The number of alkyl carbamates (subject to hydrolysis) is 1. The zero-order chi connectivity index (χ0) is 20.4. The summed E-state index contributed by atoms with van der Waals surface area (Å²) in [6, 6.07) is 3.87. The standard InChI is InChI=1S/C19H22BrFN2O4/c1-11(22-18(26)27-19(2,3)4)7-13(24)10-23-6-5-12-8-15(20)16(21)9-14(12)17(23)25/h5-6,8-9,11H,7,10H2,1-4H3,(H,22,26)/t11-/m0/s1. The van der Waals surface area contributed by atoms with Crippen molar-refractivity contribution >= 4 is 38.6 Å². The fourth-order valence-corrected chi connectivity index (χ4v) is 2.92. The van der Waals surface area contributed by atoms with Gasteiger partial charge in [0, 0.05) is 18.7 Å². The molecule has 27 heavy (non-hydrogen) atoms. The number of rotatable bonds is 5. The molecule has 1 aromatic carbocycles. The predicted octanol–water partition coefficient (Wildman–Crippen LogP) is 3.78. The number of carbonyl (C=O) groups is 2. The summed E-state index contributed by atoms with van der Waals surface area (Å²) < 4.78 is 20.4. The minimum Gasteiger partial charge on any atom is -0.444 e. The van der Waals surface area contributed by atoms with Crippen LogP contribution in [0.15, 0.2) is 33.7 Å². The minimum atomic E-state index is -0.628. The molecule has 0 aliphatic carbocycles. The van der Waals surface area contributed by atoms with Crippen molar-refractivity contribution in [2.24, 2.45) is 0 Å². The van der Waals surface area contributed by atoms with Crippen molar-refractivity contribution in [2.45, 2.75) is 52.3 Å². The lowest BCUT2D eigenvalue weighted by atomic mass is 10.1. The molecule has 2 rings (SSSR count). The first-order chi connectivity index (χ1) is 12.5. The van der Waals surface area contributed by atoms with Crippen LogP contribution in [0, 0.1) is 5.82 Å². The largest absolute Gasteiger partial charge is 0.444 e. The number of halogens is 2. The zero-order valence-corrected chi connectivity index (χ0v) is 17.2. The molecular weight excluding hydrogens is 419 g/mol. The highest BCUT2D eigenvalue weighted by atomic mass is 79.9. The summed E-state index contributed by atoms with van der Waals surface area (Å²) in [6.07, 6.45) is 0.934. The molecule has 0 saturated heterocycles. The number of benzene rings is 1. The highest BCUT2D eigenvalue weighted by Gasteiger charge is 2.19. The molecule has 2 aromatic rings. The number of aromatic nitrogens is 1. The Hall–Kier alpha value is -2.22. The first-order valence-electron chi connectivity index (χ1n) is 8.45. The lowest BCUT2D eigenvalue weighted by Crippen LogP contribution is -2.39. The van der Waals surface area contributed by atoms with Crippen molar-refractivity contribution in [3.8, 4) is 0 Å². The lowest BCUT2D eigenvalue weighted by molar-refractivity contribution is -0.120. The van der Waals surface area contributed by atoms with Crippen LogP contribution in [0.25, 0.3) is 10.8 Å². The number of pyridine rings is 1. The van der Waals surface area contributed by atoms with Gasteiger partial charge in [-0.25, -0.2) is 9.18 Å². The van der Waals surface area contributed by atoms with Crippen molar-refractivity contribution in [1.82, 2.24) is 9.88 Å². The second-order valence-electron chi connectivity index (χ2n) is 7.39. The van der Waals surface area contributed by atoms with E-state index in [0.717, 1.165) is 6.07 Å². The number of ketones is 1. The van der Waals surface area contributed by atoms with Crippen LogP contribution in [0.1, 0.15) is 34.1 Å². The summed E-state index contributed by atoms with van der Waals surface area (Å²) in [4.78, 5) is 36.5. The van der Waals surface area contributed by atoms with Crippen molar-refractivity contribution in [1.29, 1.82) is 0 Å². The minimum absolute atomic E-state index is 0.0401. The van der Waals surface area contributed by atoms with Gasteiger partial charge in [0.2, 0.25) is 0 Å². The molecule has 1 amide bonds. The Morgan fingerprint density at radius 2 is 2.00 bits per heavy atom. The molecule has 1 heterocycles. The summed E-state index contributed by atoms with van der Waals surface area (Å²) in [5.74, 6) is -0.781. The highest BCUT2D eigenvalue weighted by Crippen LogP contribution is 2.21. The molecule has 0 fully saturated rings. The molecule has 0 unspecified atom stereocenters. The number of Topliss-reactive ketones (excluding diaryl/α,β-unsaturated/α-hetero) is 1. The van der Waals surface area contributed by atoms with E-state index in [1.807, 2.05) is 0 Å². The van der Waals surface area contributed by atoms with E-state index in [1.165, 1.54) is 16.8 Å². The molecule has 0 saturated carbocycles. The van der Waals surface area contributed by atoms with Gasteiger partial charge in [-0.3, -0.25) is 9.59 Å². The van der Waals surface area contributed by atoms with E-state index in [1.54, 1.807) is 33.8 Å². The van der Waals surface area contributed by atoms with Gasteiger partial charge in [0.15, 0.2) is 5.78 Å². The number of hydrogen-bond acceptors (Lipinski definition) is 4. The maximum Gasteiger partial charge on any atom is 0.407 e.